The van der Waals surface area contributed by atoms with E-state index in [9.17, 15) is 4.79 Å². The van der Waals surface area contributed by atoms with Crippen molar-refractivity contribution < 1.29 is 9.21 Å². The first-order chi connectivity index (χ1) is 14.0. The van der Waals surface area contributed by atoms with Crippen LogP contribution in [0.2, 0.25) is 0 Å². The highest BCUT2D eigenvalue weighted by atomic mass is 32.1. The number of amides is 1. The molecule has 7 nitrogen and oxygen atoms in total. The van der Waals surface area contributed by atoms with Crippen molar-refractivity contribution in [3.8, 4) is 17.5 Å². The number of hydrogen-bond acceptors (Lipinski definition) is 7. The van der Waals surface area contributed by atoms with Crippen LogP contribution in [0.4, 0.5) is 0 Å². The molecule has 2 heterocycles. The molecule has 1 amide bonds. The molecular formula is C21H23N5O2S. The van der Waals surface area contributed by atoms with Crippen LogP contribution in [-0.4, -0.2) is 53.1 Å². The van der Waals surface area contributed by atoms with Gasteiger partial charge in [-0.15, -0.1) is 10.2 Å². The second-order valence-electron chi connectivity index (χ2n) is 6.94. The number of benzene rings is 1. The van der Waals surface area contributed by atoms with E-state index in [1.807, 2.05) is 52.9 Å². The molecule has 3 rings (SSSR count). The number of likely N-dealkylation sites (N-methyl/N-ethyl adjacent to an activating group) is 1. The Morgan fingerprint density at radius 2 is 1.97 bits per heavy atom. The predicted octanol–water partition coefficient (Wildman–Crippen LogP) is 3.19. The molecule has 0 aliphatic carbocycles. The van der Waals surface area contributed by atoms with Crippen molar-refractivity contribution in [2.75, 3.05) is 27.2 Å². The van der Waals surface area contributed by atoms with Gasteiger partial charge in [-0.1, -0.05) is 12.1 Å². The lowest BCUT2D eigenvalue weighted by atomic mass is 10.1. The van der Waals surface area contributed by atoms with Gasteiger partial charge < -0.3 is 14.2 Å². The molecule has 0 radical (unpaired) electrons. The number of nitrogens with zero attached hydrogens (tertiary/aromatic N) is 5. The van der Waals surface area contributed by atoms with Gasteiger partial charge in [0.2, 0.25) is 17.7 Å². The van der Waals surface area contributed by atoms with E-state index in [1.165, 1.54) is 0 Å². The van der Waals surface area contributed by atoms with Crippen molar-refractivity contribution in [1.29, 1.82) is 5.26 Å². The number of rotatable bonds is 9. The standard InChI is InChI=1S/C21H23N5O2S/c1-25(2)10-11-26(14-17-5-3-16(13-22)4-6-17)20(27)8-7-19-23-24-21(28-19)18-9-12-29-15-18/h3-6,9,12,15H,7-8,10-11,14H2,1-2H3. The number of aromatic nitrogens is 2. The van der Waals surface area contributed by atoms with Crippen LogP contribution in [-0.2, 0) is 17.8 Å². The van der Waals surface area contributed by atoms with Crippen LogP contribution in [0.5, 0.6) is 0 Å². The molecule has 0 aliphatic heterocycles. The second kappa shape index (κ2) is 9.96. The fraction of sp³-hybridized carbons (Fsp3) is 0.333. The van der Waals surface area contributed by atoms with Crippen LogP contribution in [0.1, 0.15) is 23.4 Å². The Morgan fingerprint density at radius 3 is 2.62 bits per heavy atom. The summed E-state index contributed by atoms with van der Waals surface area (Å²) in [7, 11) is 3.96. The highest BCUT2D eigenvalue weighted by Gasteiger charge is 2.17. The van der Waals surface area contributed by atoms with Crippen molar-refractivity contribution in [1.82, 2.24) is 20.0 Å². The number of aryl methyl sites for hydroxylation is 1. The van der Waals surface area contributed by atoms with Crippen molar-refractivity contribution in [2.45, 2.75) is 19.4 Å². The molecule has 150 valence electrons. The van der Waals surface area contributed by atoms with Crippen LogP contribution in [0.15, 0.2) is 45.5 Å². The molecule has 0 fully saturated rings. The monoisotopic (exact) mass is 409 g/mol. The second-order valence-corrected chi connectivity index (χ2v) is 7.72. The Bertz CT molecular complexity index is 958. The molecular weight excluding hydrogens is 386 g/mol. The number of nitriles is 1. The maximum Gasteiger partial charge on any atom is 0.248 e. The van der Waals surface area contributed by atoms with Gasteiger partial charge in [0, 0.05) is 43.4 Å². The van der Waals surface area contributed by atoms with Gasteiger partial charge in [-0.25, -0.2) is 0 Å². The van der Waals surface area contributed by atoms with Crippen molar-refractivity contribution in [2.24, 2.45) is 0 Å². The first kappa shape index (κ1) is 20.7. The minimum absolute atomic E-state index is 0.0338. The normalized spacial score (nSPS) is 10.8. The van der Waals surface area contributed by atoms with E-state index in [1.54, 1.807) is 23.5 Å². The van der Waals surface area contributed by atoms with Crippen LogP contribution in [0, 0.1) is 11.3 Å². The van der Waals surface area contributed by atoms with Crippen LogP contribution >= 0.6 is 11.3 Å². The van der Waals surface area contributed by atoms with Crippen molar-refractivity contribution >= 4 is 17.2 Å². The van der Waals surface area contributed by atoms with Gasteiger partial charge in [0.15, 0.2) is 0 Å². The van der Waals surface area contributed by atoms with E-state index in [-0.39, 0.29) is 5.91 Å². The van der Waals surface area contributed by atoms with Gasteiger partial charge in [-0.2, -0.15) is 16.6 Å². The first-order valence-corrected chi connectivity index (χ1v) is 10.3. The van der Waals surface area contributed by atoms with Gasteiger partial charge in [0.25, 0.3) is 0 Å². The molecule has 0 spiro atoms. The molecule has 29 heavy (non-hydrogen) atoms. The average Bonchev–Trinajstić information content (AvgIpc) is 3.41. The summed E-state index contributed by atoms with van der Waals surface area (Å²) < 4.78 is 5.68. The summed E-state index contributed by atoms with van der Waals surface area (Å²) in [6.07, 6.45) is 0.705. The number of carbonyl (C=O) groups excluding carboxylic acids is 1. The minimum atomic E-state index is 0.0338. The van der Waals surface area contributed by atoms with Crippen LogP contribution in [0.25, 0.3) is 11.5 Å². The third kappa shape index (κ3) is 5.98. The number of carbonyl (C=O) groups is 1. The van der Waals surface area contributed by atoms with E-state index in [4.69, 9.17) is 9.68 Å². The summed E-state index contributed by atoms with van der Waals surface area (Å²) in [6.45, 7) is 1.89. The van der Waals surface area contributed by atoms with Gasteiger partial charge in [0.1, 0.15) is 0 Å². The number of thiophene rings is 1. The smallest absolute Gasteiger partial charge is 0.248 e. The average molecular weight is 410 g/mol. The topological polar surface area (TPSA) is 86.3 Å². The van der Waals surface area contributed by atoms with E-state index >= 15 is 0 Å². The summed E-state index contributed by atoms with van der Waals surface area (Å²) in [5, 5.41) is 21.0. The number of hydrogen-bond donors (Lipinski definition) is 0. The molecule has 0 N–H and O–H groups in total. The van der Waals surface area contributed by atoms with Gasteiger partial charge in [0.05, 0.1) is 11.6 Å². The zero-order valence-corrected chi connectivity index (χ0v) is 17.4. The van der Waals surface area contributed by atoms with Crippen molar-refractivity contribution in [3.05, 3.63) is 58.1 Å². The summed E-state index contributed by atoms with van der Waals surface area (Å²) in [6, 6.07) is 11.4. The lowest BCUT2D eigenvalue weighted by molar-refractivity contribution is -0.132. The quantitative estimate of drug-likeness (QED) is 0.539. The third-order valence-corrected chi connectivity index (χ3v) is 5.10. The Labute approximate surface area is 174 Å². The van der Waals surface area contributed by atoms with E-state index in [0.29, 0.717) is 43.3 Å². The summed E-state index contributed by atoms with van der Waals surface area (Å²) >= 11 is 1.57. The lowest BCUT2D eigenvalue weighted by Gasteiger charge is -2.24. The molecule has 2 aromatic heterocycles. The molecule has 0 atom stereocenters. The molecule has 0 bridgehead atoms. The highest BCUT2D eigenvalue weighted by molar-refractivity contribution is 7.08. The molecule has 0 saturated carbocycles. The molecule has 8 heteroatoms. The SMILES string of the molecule is CN(C)CCN(Cc1ccc(C#N)cc1)C(=O)CCc1nnc(-c2ccsc2)o1. The van der Waals surface area contributed by atoms with Crippen LogP contribution in [0.3, 0.4) is 0 Å². The van der Waals surface area contributed by atoms with Gasteiger partial charge in [-0.05, 0) is 43.2 Å². The molecule has 0 unspecified atom stereocenters. The van der Waals surface area contributed by atoms with E-state index in [2.05, 4.69) is 16.3 Å². The fourth-order valence-electron chi connectivity index (χ4n) is 2.75. The minimum Gasteiger partial charge on any atom is -0.421 e. The summed E-state index contributed by atoms with van der Waals surface area (Å²) in [4.78, 5) is 16.7. The lowest BCUT2D eigenvalue weighted by Crippen LogP contribution is -2.36. The Hall–Kier alpha value is -3.02. The van der Waals surface area contributed by atoms with Crippen LogP contribution < -0.4 is 0 Å². The Balaban J connectivity index is 1.61. The van der Waals surface area contributed by atoms with Gasteiger partial charge in [-0.3, -0.25) is 4.79 Å². The van der Waals surface area contributed by atoms with E-state index in [0.717, 1.165) is 17.7 Å². The molecule has 3 aromatic rings. The van der Waals surface area contributed by atoms with E-state index < -0.39 is 0 Å². The molecule has 1 aromatic carbocycles. The zero-order chi connectivity index (χ0) is 20.6. The summed E-state index contributed by atoms with van der Waals surface area (Å²) in [5.41, 5.74) is 2.50. The Morgan fingerprint density at radius 1 is 1.17 bits per heavy atom. The zero-order valence-electron chi connectivity index (χ0n) is 16.5. The Kier molecular flexibility index (Phi) is 7.11. The third-order valence-electron chi connectivity index (χ3n) is 4.41. The van der Waals surface area contributed by atoms with Crippen molar-refractivity contribution in [3.63, 3.8) is 0 Å². The largest absolute Gasteiger partial charge is 0.421 e. The molecule has 0 aliphatic rings. The highest BCUT2D eigenvalue weighted by Crippen LogP contribution is 2.21. The maximum absolute atomic E-state index is 12.9. The van der Waals surface area contributed by atoms with Gasteiger partial charge >= 0.3 is 0 Å². The predicted molar refractivity (Wildman–Crippen MR) is 111 cm³/mol. The summed E-state index contributed by atoms with van der Waals surface area (Å²) in [5.74, 6) is 0.979. The maximum atomic E-state index is 12.9. The first-order valence-electron chi connectivity index (χ1n) is 9.31. The fourth-order valence-corrected chi connectivity index (χ4v) is 3.38. The molecule has 0 saturated heterocycles.